The zero-order valence-corrected chi connectivity index (χ0v) is 51.6. The van der Waals surface area contributed by atoms with Crippen LogP contribution in [0.4, 0.5) is 0 Å². The maximum absolute atomic E-state index is 5.15. The van der Waals surface area contributed by atoms with Crippen LogP contribution < -0.4 is 0 Å². The van der Waals surface area contributed by atoms with Crippen molar-refractivity contribution >= 4 is 96.9 Å². The third kappa shape index (κ3) is 8.89. The minimum Gasteiger partial charge on any atom is -0.309 e. The molecule has 0 radical (unpaired) electrons. The van der Waals surface area contributed by atoms with Crippen molar-refractivity contribution in [2.45, 2.75) is 0 Å². The molecule has 0 aliphatic rings. The standard InChI is InChI=1S/C87H54N6S/c1-5-17-55(18-6-1)61-33-43-71-69-25-13-15-27-77(69)91(79(71)50-61)66-38-29-57(30-39-66)63-35-45-73-74-46-36-64(58-31-40-67(41-32-58)92-78-28-16-14-26-70(78)72-44-34-62(51-80(72)92)56-19-7-2-8-20-56)53-82(74)93(81(73)52-63)68-42-48-84-76(54-68)75-49-65(37-47-83(75)94-84)87-89-85(59-21-9-3-10-22-59)88-86(90-87)60-23-11-4-12-24-60/h1-54H. The zero-order valence-electron chi connectivity index (χ0n) is 50.8. The lowest BCUT2D eigenvalue weighted by Crippen LogP contribution is -2.00. The number of hydrogen-bond donors (Lipinski definition) is 0. The quantitative estimate of drug-likeness (QED) is 0.137. The first-order valence-corrected chi connectivity index (χ1v) is 32.7. The number of fused-ring (bicyclic) bond motifs is 12. The molecule has 0 aliphatic carbocycles. The zero-order chi connectivity index (χ0) is 61.8. The van der Waals surface area contributed by atoms with Crippen LogP contribution in [0.2, 0.25) is 0 Å². The van der Waals surface area contributed by atoms with Crippen LogP contribution in [0.5, 0.6) is 0 Å². The number of aromatic nitrogens is 6. The summed E-state index contributed by atoms with van der Waals surface area (Å²) in [5.74, 6) is 1.91. The Bertz CT molecular complexity index is 5870. The van der Waals surface area contributed by atoms with Crippen molar-refractivity contribution in [3.05, 3.63) is 328 Å². The number of benzene rings is 14. The van der Waals surface area contributed by atoms with Gasteiger partial charge < -0.3 is 13.7 Å². The Morgan fingerprint density at radius 2 is 0.468 bits per heavy atom. The van der Waals surface area contributed by atoms with E-state index in [9.17, 15) is 0 Å². The molecule has 0 saturated heterocycles. The number of rotatable bonds is 10. The van der Waals surface area contributed by atoms with Gasteiger partial charge >= 0.3 is 0 Å². The predicted molar refractivity (Wildman–Crippen MR) is 394 cm³/mol. The first kappa shape index (κ1) is 53.5. The van der Waals surface area contributed by atoms with Crippen LogP contribution in [0.1, 0.15) is 0 Å². The molecule has 19 rings (SSSR count). The Hall–Kier alpha value is -12.3. The molecular formula is C87H54N6S. The van der Waals surface area contributed by atoms with E-state index in [2.05, 4.69) is 305 Å². The van der Waals surface area contributed by atoms with Crippen molar-refractivity contribution in [3.8, 4) is 95.7 Å². The second-order valence-electron chi connectivity index (χ2n) is 24.3. The van der Waals surface area contributed by atoms with Gasteiger partial charge in [-0.2, -0.15) is 0 Å². The second-order valence-corrected chi connectivity index (χ2v) is 25.4. The fourth-order valence-electron chi connectivity index (χ4n) is 14.4. The van der Waals surface area contributed by atoms with E-state index in [0.29, 0.717) is 17.5 Å². The van der Waals surface area contributed by atoms with E-state index in [0.717, 1.165) is 72.4 Å². The van der Waals surface area contributed by atoms with E-state index in [1.807, 2.05) is 47.7 Å². The summed E-state index contributed by atoms with van der Waals surface area (Å²) in [4.78, 5) is 15.3. The molecule has 5 aromatic heterocycles. The van der Waals surface area contributed by atoms with Crippen molar-refractivity contribution < 1.29 is 0 Å². The molecule has 7 heteroatoms. The van der Waals surface area contributed by atoms with Gasteiger partial charge in [-0.25, -0.2) is 15.0 Å². The molecule has 0 N–H and O–H groups in total. The number of hydrogen-bond acceptors (Lipinski definition) is 4. The first-order valence-electron chi connectivity index (χ1n) is 31.9. The van der Waals surface area contributed by atoms with Gasteiger partial charge in [0, 0.05) is 86.2 Å². The summed E-state index contributed by atoms with van der Waals surface area (Å²) in [7, 11) is 0. The van der Waals surface area contributed by atoms with Gasteiger partial charge in [0.05, 0.1) is 33.1 Å². The van der Waals surface area contributed by atoms with E-state index in [4.69, 9.17) is 15.0 Å². The lowest BCUT2D eigenvalue weighted by atomic mass is 10.0. The van der Waals surface area contributed by atoms with Crippen LogP contribution in [0.3, 0.4) is 0 Å². The molecule has 0 spiro atoms. The summed E-state index contributed by atoms with van der Waals surface area (Å²) >= 11 is 1.81. The van der Waals surface area contributed by atoms with Gasteiger partial charge in [0.2, 0.25) is 0 Å². The van der Waals surface area contributed by atoms with Gasteiger partial charge in [-0.15, -0.1) is 11.3 Å². The molecule has 19 aromatic rings. The third-order valence-electron chi connectivity index (χ3n) is 18.9. The minimum atomic E-state index is 0.633. The summed E-state index contributed by atoms with van der Waals surface area (Å²) in [6, 6.07) is 119. The lowest BCUT2D eigenvalue weighted by Gasteiger charge is -2.12. The Morgan fingerprint density at radius 3 is 0.883 bits per heavy atom. The predicted octanol–water partition coefficient (Wildman–Crippen LogP) is 23.2. The monoisotopic (exact) mass is 1210 g/mol. The maximum Gasteiger partial charge on any atom is 0.164 e. The molecule has 0 unspecified atom stereocenters. The molecule has 438 valence electrons. The van der Waals surface area contributed by atoms with Crippen molar-refractivity contribution in [1.82, 2.24) is 28.7 Å². The summed E-state index contributed by atoms with van der Waals surface area (Å²) < 4.78 is 9.73. The van der Waals surface area contributed by atoms with Crippen molar-refractivity contribution in [3.63, 3.8) is 0 Å². The molecular weight excluding hydrogens is 1160 g/mol. The van der Waals surface area contributed by atoms with E-state index in [1.54, 1.807) is 0 Å². The largest absolute Gasteiger partial charge is 0.309 e. The van der Waals surface area contributed by atoms with Gasteiger partial charge in [0.25, 0.3) is 0 Å². The molecule has 0 saturated carbocycles. The highest BCUT2D eigenvalue weighted by molar-refractivity contribution is 7.25. The normalized spacial score (nSPS) is 11.8. The van der Waals surface area contributed by atoms with Crippen molar-refractivity contribution in [2.24, 2.45) is 0 Å². The van der Waals surface area contributed by atoms with Crippen molar-refractivity contribution in [2.75, 3.05) is 0 Å². The van der Waals surface area contributed by atoms with Gasteiger partial charge in [0.1, 0.15) is 0 Å². The van der Waals surface area contributed by atoms with Gasteiger partial charge in [-0.3, -0.25) is 0 Å². The lowest BCUT2D eigenvalue weighted by molar-refractivity contribution is 1.07. The van der Waals surface area contributed by atoms with Crippen LogP contribution in [0.15, 0.2) is 328 Å². The Morgan fingerprint density at radius 1 is 0.181 bits per heavy atom. The van der Waals surface area contributed by atoms with E-state index in [-0.39, 0.29) is 0 Å². The Labute approximate surface area is 545 Å². The molecule has 5 heterocycles. The smallest absolute Gasteiger partial charge is 0.164 e. The summed E-state index contributed by atoms with van der Waals surface area (Å²) in [5.41, 5.74) is 22.5. The Balaban J connectivity index is 0.757. The molecule has 0 aliphatic heterocycles. The van der Waals surface area contributed by atoms with Crippen LogP contribution in [-0.4, -0.2) is 28.7 Å². The van der Waals surface area contributed by atoms with Gasteiger partial charge in [-0.1, -0.05) is 231 Å². The van der Waals surface area contributed by atoms with Crippen molar-refractivity contribution in [1.29, 1.82) is 0 Å². The average molecular weight is 1220 g/mol. The number of nitrogens with zero attached hydrogens (tertiary/aromatic N) is 6. The molecule has 14 aromatic carbocycles. The van der Waals surface area contributed by atoms with E-state index >= 15 is 0 Å². The maximum atomic E-state index is 5.15. The highest BCUT2D eigenvalue weighted by Crippen LogP contribution is 2.43. The Kier molecular flexibility index (Phi) is 12.4. The molecule has 94 heavy (non-hydrogen) atoms. The molecule has 6 nitrogen and oxygen atoms in total. The van der Waals surface area contributed by atoms with E-state index < -0.39 is 0 Å². The van der Waals surface area contributed by atoms with Crippen LogP contribution >= 0.6 is 11.3 Å². The molecule has 0 fully saturated rings. The summed E-state index contributed by atoms with van der Waals surface area (Å²) in [6.45, 7) is 0. The highest BCUT2D eigenvalue weighted by atomic mass is 32.1. The SMILES string of the molecule is c1ccc(-c2ccc3c4ccccc4n(-c4ccc(-c5ccc6c7ccc(-c8ccc(-n9c%10ccccc%10c%10ccc(-c%11ccccc%11)cc%109)cc8)cc7n(-c7ccc8sc9ccc(-c%10nc(-c%11ccccc%11)nc(-c%11ccccc%11)n%10)cc9c8c7)c6c5)cc4)c3c2)cc1. The molecule has 0 amide bonds. The number of para-hydroxylation sites is 2. The summed E-state index contributed by atoms with van der Waals surface area (Å²) in [5, 5.41) is 9.66. The topological polar surface area (TPSA) is 53.5 Å². The minimum absolute atomic E-state index is 0.633. The van der Waals surface area contributed by atoms with E-state index in [1.165, 1.54) is 91.4 Å². The second kappa shape index (κ2) is 21.7. The van der Waals surface area contributed by atoms with Crippen LogP contribution in [0, 0.1) is 0 Å². The average Bonchev–Trinajstić information content (AvgIpc) is 1.60. The first-order chi connectivity index (χ1) is 46.6. The van der Waals surface area contributed by atoms with Crippen LogP contribution in [-0.2, 0) is 0 Å². The van der Waals surface area contributed by atoms with Gasteiger partial charge in [-0.05, 0) is 142 Å². The van der Waals surface area contributed by atoms with Gasteiger partial charge in [0.15, 0.2) is 17.5 Å². The highest BCUT2D eigenvalue weighted by Gasteiger charge is 2.21. The third-order valence-corrected chi connectivity index (χ3v) is 20.1. The fraction of sp³-hybridized carbons (Fsp3) is 0. The fourth-order valence-corrected chi connectivity index (χ4v) is 15.4. The molecule has 0 bridgehead atoms. The van der Waals surface area contributed by atoms with Crippen LogP contribution in [0.25, 0.3) is 181 Å². The number of thiophene rings is 1. The molecule has 0 atom stereocenters. The summed E-state index contributed by atoms with van der Waals surface area (Å²) in [6.07, 6.45) is 0.